The zero-order chi connectivity index (χ0) is 16.3. The summed E-state index contributed by atoms with van der Waals surface area (Å²) < 4.78 is 74.4. The van der Waals surface area contributed by atoms with Crippen LogP contribution in [0.1, 0.15) is 20.3 Å². The molecule has 0 fully saturated rings. The molecule has 4 nitrogen and oxygen atoms in total. The summed E-state index contributed by atoms with van der Waals surface area (Å²) in [5.74, 6) is -7.77. The predicted octanol–water partition coefficient (Wildman–Crippen LogP) is 2.44. The second-order valence-corrected chi connectivity index (χ2v) is 4.29. The molecular weight excluding hydrogens is 296 g/mol. The van der Waals surface area contributed by atoms with Gasteiger partial charge in [0.15, 0.2) is 0 Å². The van der Waals surface area contributed by atoms with Crippen molar-refractivity contribution in [3.8, 4) is 0 Å². The zero-order valence-electron chi connectivity index (χ0n) is 10.5. The van der Waals surface area contributed by atoms with Gasteiger partial charge in [0.1, 0.15) is 0 Å². The monoisotopic (exact) mass is 309 g/mol. The number of carbonyl (C=O) groups is 2. The Bertz CT molecular complexity index is 349. The fraction of sp³-hybridized carbons (Fsp3) is 0.800. The van der Waals surface area contributed by atoms with Gasteiger partial charge in [-0.25, -0.2) is 0 Å². The van der Waals surface area contributed by atoms with E-state index in [0.29, 0.717) is 0 Å². The second kappa shape index (κ2) is 6.31. The number of carboxylic acids is 1. The van der Waals surface area contributed by atoms with Crippen LogP contribution >= 0.6 is 0 Å². The van der Waals surface area contributed by atoms with Crippen LogP contribution in [0.2, 0.25) is 0 Å². The third-order valence-corrected chi connectivity index (χ3v) is 2.37. The van der Waals surface area contributed by atoms with Gasteiger partial charge in [-0.05, 0) is 13.8 Å². The number of amides is 1. The summed E-state index contributed by atoms with van der Waals surface area (Å²) in [6, 6.07) is -0.992. The highest BCUT2D eigenvalue weighted by molar-refractivity contribution is 5.81. The lowest BCUT2D eigenvalue weighted by Gasteiger charge is -2.31. The molecule has 0 rings (SSSR count). The van der Waals surface area contributed by atoms with E-state index in [0.717, 1.165) is 0 Å². The molecule has 1 N–H and O–H groups in total. The summed E-state index contributed by atoms with van der Waals surface area (Å²) in [5.41, 5.74) is 0. The van der Waals surface area contributed by atoms with Gasteiger partial charge in [0.05, 0.1) is 6.42 Å². The maximum Gasteiger partial charge on any atom is 0.409 e. The van der Waals surface area contributed by atoms with E-state index in [1.165, 1.54) is 13.8 Å². The van der Waals surface area contributed by atoms with Gasteiger partial charge in [0.2, 0.25) is 11.8 Å². The van der Waals surface area contributed by atoms with Gasteiger partial charge in [-0.2, -0.15) is 26.3 Å². The molecule has 0 saturated carbocycles. The van der Waals surface area contributed by atoms with E-state index in [1.807, 2.05) is 0 Å². The Morgan fingerprint density at radius 3 is 1.70 bits per heavy atom. The molecule has 0 spiro atoms. The Morgan fingerprint density at radius 1 is 1.05 bits per heavy atom. The molecule has 0 aromatic rings. The first-order valence-electron chi connectivity index (χ1n) is 5.44. The molecule has 0 atom stereocenters. The van der Waals surface area contributed by atoms with Gasteiger partial charge in [-0.15, -0.1) is 0 Å². The van der Waals surface area contributed by atoms with Gasteiger partial charge >= 0.3 is 18.3 Å². The Morgan fingerprint density at radius 2 is 1.45 bits per heavy atom. The van der Waals surface area contributed by atoms with Crippen LogP contribution in [0.15, 0.2) is 0 Å². The largest absolute Gasteiger partial charge is 0.481 e. The highest BCUT2D eigenvalue weighted by Gasteiger charge is 2.62. The lowest BCUT2D eigenvalue weighted by Crippen LogP contribution is -2.52. The van der Waals surface area contributed by atoms with Crippen LogP contribution in [0.4, 0.5) is 26.3 Å². The average molecular weight is 309 g/mol. The molecule has 0 aromatic carbocycles. The van der Waals surface area contributed by atoms with Crippen molar-refractivity contribution >= 4 is 11.9 Å². The van der Waals surface area contributed by atoms with Crippen molar-refractivity contribution in [2.45, 2.75) is 38.7 Å². The minimum absolute atomic E-state index is 0.264. The van der Waals surface area contributed by atoms with Gasteiger partial charge in [-0.3, -0.25) is 9.59 Å². The summed E-state index contributed by atoms with van der Waals surface area (Å²) in [5, 5.41) is 8.40. The molecule has 0 aliphatic carbocycles. The predicted molar refractivity (Wildman–Crippen MR) is 54.7 cm³/mol. The SMILES string of the molecule is CC(C)N(CCC(=O)O)C(=O)C(C(F)(F)F)C(F)(F)F. The summed E-state index contributed by atoms with van der Waals surface area (Å²) in [6.07, 6.45) is -12.3. The number of rotatable bonds is 5. The molecule has 0 aliphatic heterocycles. The highest BCUT2D eigenvalue weighted by Crippen LogP contribution is 2.40. The van der Waals surface area contributed by atoms with Crippen LogP contribution in [-0.2, 0) is 9.59 Å². The summed E-state index contributed by atoms with van der Waals surface area (Å²) >= 11 is 0. The van der Waals surface area contributed by atoms with E-state index >= 15 is 0 Å². The number of hydrogen-bond acceptors (Lipinski definition) is 2. The first kappa shape index (κ1) is 18.5. The lowest BCUT2D eigenvalue weighted by molar-refractivity contribution is -0.278. The van der Waals surface area contributed by atoms with E-state index in [2.05, 4.69) is 0 Å². The van der Waals surface area contributed by atoms with Gasteiger partial charge in [0, 0.05) is 12.6 Å². The van der Waals surface area contributed by atoms with Crippen LogP contribution in [0.5, 0.6) is 0 Å². The minimum Gasteiger partial charge on any atom is -0.481 e. The van der Waals surface area contributed by atoms with Crippen molar-refractivity contribution in [3.05, 3.63) is 0 Å². The molecule has 0 heterocycles. The quantitative estimate of drug-likeness (QED) is 0.794. The number of carboxylic acid groups (broad SMARTS) is 1. The van der Waals surface area contributed by atoms with Crippen molar-refractivity contribution in [3.63, 3.8) is 0 Å². The van der Waals surface area contributed by atoms with Gasteiger partial charge in [-0.1, -0.05) is 0 Å². The molecule has 0 bridgehead atoms. The van der Waals surface area contributed by atoms with Crippen molar-refractivity contribution in [1.29, 1.82) is 0 Å². The molecule has 0 saturated heterocycles. The minimum atomic E-state index is -5.79. The van der Waals surface area contributed by atoms with Crippen LogP contribution in [-0.4, -0.2) is 46.8 Å². The van der Waals surface area contributed by atoms with E-state index in [9.17, 15) is 35.9 Å². The number of alkyl halides is 6. The Labute approximate surface area is 110 Å². The number of carbonyl (C=O) groups excluding carboxylic acids is 1. The molecule has 10 heteroatoms. The topological polar surface area (TPSA) is 57.6 Å². The fourth-order valence-corrected chi connectivity index (χ4v) is 1.47. The Balaban J connectivity index is 5.33. The smallest absolute Gasteiger partial charge is 0.409 e. The number of aliphatic carboxylic acids is 1. The lowest BCUT2D eigenvalue weighted by atomic mass is 10.1. The number of nitrogens with zero attached hydrogens (tertiary/aromatic N) is 1. The molecule has 0 aliphatic rings. The summed E-state index contributed by atoms with van der Waals surface area (Å²) in [6.45, 7) is 1.67. The maximum absolute atomic E-state index is 12.4. The number of halogens is 6. The standard InChI is InChI=1S/C10H13F6NO3/c1-5(2)17(4-3-6(18)19)8(20)7(9(11,12)13)10(14,15)16/h5,7H,3-4H2,1-2H3,(H,18,19). The van der Waals surface area contributed by atoms with E-state index < -0.39 is 49.2 Å². The normalized spacial score (nSPS) is 12.9. The van der Waals surface area contributed by atoms with Crippen LogP contribution < -0.4 is 0 Å². The third-order valence-electron chi connectivity index (χ3n) is 2.37. The highest BCUT2D eigenvalue weighted by atomic mass is 19.4. The van der Waals surface area contributed by atoms with Crippen LogP contribution in [0.3, 0.4) is 0 Å². The molecule has 20 heavy (non-hydrogen) atoms. The number of hydrogen-bond donors (Lipinski definition) is 1. The second-order valence-electron chi connectivity index (χ2n) is 4.29. The van der Waals surface area contributed by atoms with Crippen molar-refractivity contribution in [2.75, 3.05) is 6.54 Å². The third kappa shape index (κ3) is 5.25. The van der Waals surface area contributed by atoms with Crippen molar-refractivity contribution in [1.82, 2.24) is 4.90 Å². The van der Waals surface area contributed by atoms with Crippen LogP contribution in [0.25, 0.3) is 0 Å². The molecule has 0 unspecified atom stereocenters. The summed E-state index contributed by atoms with van der Waals surface area (Å²) in [4.78, 5) is 22.1. The molecule has 0 aromatic heterocycles. The van der Waals surface area contributed by atoms with Crippen LogP contribution in [0, 0.1) is 5.92 Å². The molecular formula is C10H13F6NO3. The van der Waals surface area contributed by atoms with Gasteiger partial charge in [0.25, 0.3) is 0 Å². The maximum atomic E-state index is 12.4. The first-order valence-corrected chi connectivity index (χ1v) is 5.44. The summed E-state index contributed by atoms with van der Waals surface area (Å²) in [7, 11) is 0. The van der Waals surface area contributed by atoms with E-state index in [-0.39, 0.29) is 4.90 Å². The molecule has 1 amide bonds. The van der Waals surface area contributed by atoms with E-state index in [1.54, 1.807) is 0 Å². The zero-order valence-corrected chi connectivity index (χ0v) is 10.5. The first-order chi connectivity index (χ1) is 8.78. The average Bonchev–Trinajstić information content (AvgIpc) is 2.10. The van der Waals surface area contributed by atoms with Crippen molar-refractivity contribution < 1.29 is 41.0 Å². The van der Waals surface area contributed by atoms with Gasteiger partial charge < -0.3 is 10.0 Å². The molecule has 118 valence electrons. The Kier molecular flexibility index (Phi) is 5.85. The Hall–Kier alpha value is -1.48. The van der Waals surface area contributed by atoms with Crippen molar-refractivity contribution in [2.24, 2.45) is 5.92 Å². The fourth-order valence-electron chi connectivity index (χ4n) is 1.47. The molecule has 0 radical (unpaired) electrons. The van der Waals surface area contributed by atoms with E-state index in [4.69, 9.17) is 5.11 Å².